The van der Waals surface area contributed by atoms with Crippen molar-refractivity contribution in [1.82, 2.24) is 19.6 Å². The van der Waals surface area contributed by atoms with Crippen LogP contribution in [0.2, 0.25) is 0 Å². The van der Waals surface area contributed by atoms with Gasteiger partial charge in [-0.3, -0.25) is 14.3 Å². The van der Waals surface area contributed by atoms with Crippen molar-refractivity contribution in [3.05, 3.63) is 58.7 Å². The first-order valence-corrected chi connectivity index (χ1v) is 11.1. The second-order valence-electron chi connectivity index (χ2n) is 8.23. The van der Waals surface area contributed by atoms with Crippen molar-refractivity contribution >= 4 is 17.6 Å². The van der Waals surface area contributed by atoms with Crippen molar-refractivity contribution in [2.45, 2.75) is 27.7 Å². The average molecular weight is 452 g/mol. The molecule has 174 valence electrons. The molecule has 0 aliphatic carbocycles. The molecular weight excluding hydrogens is 422 g/mol. The fraction of sp³-hybridized carbons (Fsp3) is 0.417. The quantitative estimate of drug-likeness (QED) is 0.400. The number of piperazine rings is 1. The number of ketones is 1. The summed E-state index contributed by atoms with van der Waals surface area (Å²) in [7, 11) is 0. The van der Waals surface area contributed by atoms with E-state index in [0.717, 1.165) is 49.1 Å². The number of carbonyl (C=O) groups excluding carboxylic acids is 2. The Balaban J connectivity index is 1.36. The van der Waals surface area contributed by atoms with Crippen molar-refractivity contribution < 1.29 is 18.8 Å². The first-order chi connectivity index (χ1) is 15.9. The summed E-state index contributed by atoms with van der Waals surface area (Å²) in [6.45, 7) is 11.3. The molecule has 9 nitrogen and oxygen atoms in total. The fourth-order valence-electron chi connectivity index (χ4n) is 4.19. The van der Waals surface area contributed by atoms with Gasteiger partial charge in [0.15, 0.2) is 11.6 Å². The molecule has 0 radical (unpaired) electrons. The molecule has 1 saturated heterocycles. The lowest BCUT2D eigenvalue weighted by Gasteiger charge is -2.35. The molecule has 9 heteroatoms. The van der Waals surface area contributed by atoms with Crippen LogP contribution in [0.25, 0.3) is 5.82 Å². The summed E-state index contributed by atoms with van der Waals surface area (Å²) >= 11 is 0. The maximum absolute atomic E-state index is 13.1. The van der Waals surface area contributed by atoms with E-state index in [-0.39, 0.29) is 11.8 Å². The molecule has 1 aliphatic rings. The minimum absolute atomic E-state index is 0.0972. The van der Waals surface area contributed by atoms with Crippen LogP contribution in [0.3, 0.4) is 0 Å². The Morgan fingerprint density at radius 3 is 2.42 bits per heavy atom. The Labute approximate surface area is 192 Å². The number of anilines is 1. The molecule has 0 spiro atoms. The smallest absolute Gasteiger partial charge is 0.339 e. The zero-order chi connectivity index (χ0) is 23.5. The van der Waals surface area contributed by atoms with Crippen LogP contribution >= 0.6 is 0 Å². The molecule has 33 heavy (non-hydrogen) atoms. The lowest BCUT2D eigenvalue weighted by atomic mass is 10.1. The van der Waals surface area contributed by atoms with Gasteiger partial charge in [-0.15, -0.1) is 0 Å². The summed E-state index contributed by atoms with van der Waals surface area (Å²) < 4.78 is 12.2. The fourth-order valence-corrected chi connectivity index (χ4v) is 4.19. The van der Waals surface area contributed by atoms with Crippen molar-refractivity contribution in [3.8, 4) is 5.82 Å². The zero-order valence-electron chi connectivity index (χ0n) is 19.5. The van der Waals surface area contributed by atoms with Crippen LogP contribution in [0, 0.1) is 20.8 Å². The third kappa shape index (κ3) is 4.83. The highest BCUT2D eigenvalue weighted by Gasteiger charge is 2.24. The predicted molar refractivity (Wildman–Crippen MR) is 123 cm³/mol. The van der Waals surface area contributed by atoms with Gasteiger partial charge in [-0.2, -0.15) is 0 Å². The van der Waals surface area contributed by atoms with Crippen molar-refractivity contribution in [2.75, 3.05) is 44.2 Å². The minimum atomic E-state index is -0.363. The van der Waals surface area contributed by atoms with Crippen LogP contribution in [0.4, 0.5) is 5.82 Å². The Kier molecular flexibility index (Phi) is 6.60. The molecule has 0 bridgehead atoms. The lowest BCUT2D eigenvalue weighted by Crippen LogP contribution is -2.48. The van der Waals surface area contributed by atoms with Gasteiger partial charge >= 0.3 is 5.97 Å². The first-order valence-electron chi connectivity index (χ1n) is 11.1. The Morgan fingerprint density at radius 2 is 1.82 bits per heavy atom. The van der Waals surface area contributed by atoms with Gasteiger partial charge < -0.3 is 14.2 Å². The second kappa shape index (κ2) is 9.58. The number of nitrogens with zero attached hydrogens (tertiary/aromatic N) is 5. The molecule has 0 amide bonds. The van der Waals surface area contributed by atoms with E-state index in [9.17, 15) is 9.59 Å². The number of esters is 1. The summed E-state index contributed by atoms with van der Waals surface area (Å²) in [6, 6.07) is 7.36. The molecule has 1 fully saturated rings. The summed E-state index contributed by atoms with van der Waals surface area (Å²) in [5.41, 5.74) is 2.98. The lowest BCUT2D eigenvalue weighted by molar-refractivity contribution is 0.0525. The molecule has 0 saturated carbocycles. The van der Waals surface area contributed by atoms with E-state index >= 15 is 0 Å². The summed E-state index contributed by atoms with van der Waals surface area (Å²) in [4.78, 5) is 33.6. The van der Waals surface area contributed by atoms with Crippen LogP contribution in [0.5, 0.6) is 0 Å². The van der Waals surface area contributed by atoms with Gasteiger partial charge in [0.1, 0.15) is 11.6 Å². The zero-order valence-corrected chi connectivity index (χ0v) is 19.5. The third-order valence-corrected chi connectivity index (χ3v) is 5.90. The largest absolute Gasteiger partial charge is 0.462 e. The highest BCUT2D eigenvalue weighted by Crippen LogP contribution is 2.22. The number of aromatic nitrogens is 3. The van der Waals surface area contributed by atoms with Gasteiger partial charge in [0.05, 0.1) is 18.7 Å². The van der Waals surface area contributed by atoms with Gasteiger partial charge in [-0.1, -0.05) is 5.16 Å². The number of Topliss-reactive ketones (excluding diaryl/α,β-unsaturated/α-hetero) is 1. The Bertz CT molecular complexity index is 1140. The van der Waals surface area contributed by atoms with Crippen LogP contribution in [0.15, 0.2) is 35.0 Å². The van der Waals surface area contributed by atoms with E-state index < -0.39 is 0 Å². The SMILES string of the molecule is CCOC(=O)c1ccc(N2CCN(CC(=O)c3cc(C)n(-c4cc(C)on4)c3C)CC2)nc1. The van der Waals surface area contributed by atoms with Crippen LogP contribution in [-0.2, 0) is 4.74 Å². The van der Waals surface area contributed by atoms with Crippen LogP contribution < -0.4 is 4.90 Å². The van der Waals surface area contributed by atoms with Crippen LogP contribution in [0.1, 0.15) is 44.8 Å². The predicted octanol–water partition coefficient (Wildman–Crippen LogP) is 2.97. The van der Waals surface area contributed by atoms with E-state index in [0.29, 0.717) is 30.1 Å². The highest BCUT2D eigenvalue weighted by molar-refractivity contribution is 5.99. The molecule has 0 N–H and O–H groups in total. The molecule has 1 aliphatic heterocycles. The molecule has 3 aromatic heterocycles. The van der Waals surface area contributed by atoms with E-state index in [4.69, 9.17) is 9.26 Å². The Hall–Kier alpha value is -3.46. The summed E-state index contributed by atoms with van der Waals surface area (Å²) in [5, 5.41) is 4.09. The molecule has 0 aromatic carbocycles. The maximum atomic E-state index is 13.1. The van der Waals surface area contributed by atoms with E-state index in [1.807, 2.05) is 43.5 Å². The number of aryl methyl sites for hydroxylation is 2. The van der Waals surface area contributed by atoms with E-state index in [1.54, 1.807) is 19.2 Å². The van der Waals surface area contributed by atoms with Gasteiger partial charge in [-0.25, -0.2) is 9.78 Å². The van der Waals surface area contributed by atoms with E-state index in [2.05, 4.69) is 19.9 Å². The third-order valence-electron chi connectivity index (χ3n) is 5.90. The molecule has 0 unspecified atom stereocenters. The van der Waals surface area contributed by atoms with Gasteiger partial charge in [0.25, 0.3) is 0 Å². The molecule has 4 heterocycles. The topological polar surface area (TPSA) is 93.7 Å². The monoisotopic (exact) mass is 451 g/mol. The highest BCUT2D eigenvalue weighted by atomic mass is 16.5. The van der Waals surface area contributed by atoms with Crippen molar-refractivity contribution in [2.24, 2.45) is 0 Å². The maximum Gasteiger partial charge on any atom is 0.339 e. The molecule has 3 aromatic rings. The number of hydrogen-bond acceptors (Lipinski definition) is 8. The van der Waals surface area contributed by atoms with Gasteiger partial charge in [0, 0.05) is 55.4 Å². The average Bonchev–Trinajstić information content (AvgIpc) is 3.36. The first kappa shape index (κ1) is 22.7. The number of carbonyl (C=O) groups is 2. The minimum Gasteiger partial charge on any atom is -0.462 e. The summed E-state index contributed by atoms with van der Waals surface area (Å²) in [6.07, 6.45) is 1.55. The Morgan fingerprint density at radius 1 is 1.06 bits per heavy atom. The standard InChI is InChI=1S/C24H29N5O4/c1-5-32-24(31)19-6-7-22(25-14-19)28-10-8-27(9-11-28)15-21(30)20-12-16(2)29(18(20)4)23-13-17(3)33-26-23/h6-7,12-14H,5,8-11,15H2,1-4H3. The molecule has 4 rings (SSSR count). The molecule has 0 atom stereocenters. The molecular formula is C24H29N5O4. The van der Waals surface area contributed by atoms with Gasteiger partial charge in [0.2, 0.25) is 0 Å². The number of rotatable bonds is 7. The van der Waals surface area contributed by atoms with Crippen molar-refractivity contribution in [1.29, 1.82) is 0 Å². The van der Waals surface area contributed by atoms with E-state index in [1.165, 1.54) is 0 Å². The van der Waals surface area contributed by atoms with Crippen LogP contribution in [-0.4, -0.2) is 70.7 Å². The van der Waals surface area contributed by atoms with Gasteiger partial charge in [-0.05, 0) is 45.9 Å². The second-order valence-corrected chi connectivity index (χ2v) is 8.23. The number of ether oxygens (including phenoxy) is 1. The number of hydrogen-bond donors (Lipinski definition) is 0. The normalized spacial score (nSPS) is 14.5. The van der Waals surface area contributed by atoms with Crippen molar-refractivity contribution in [3.63, 3.8) is 0 Å². The number of pyridine rings is 1. The summed E-state index contributed by atoms with van der Waals surface area (Å²) in [5.74, 6) is 1.98.